The van der Waals surface area contributed by atoms with Crippen LogP contribution in [0.5, 0.6) is 0 Å². The van der Waals surface area contributed by atoms with E-state index in [0.29, 0.717) is 25.1 Å². The number of amides is 2. The third-order valence-corrected chi connectivity index (χ3v) is 5.28. The van der Waals surface area contributed by atoms with E-state index in [-0.39, 0.29) is 11.8 Å². The van der Waals surface area contributed by atoms with Crippen LogP contribution in [-0.4, -0.2) is 35.3 Å². The highest BCUT2D eigenvalue weighted by Gasteiger charge is 2.21. The van der Waals surface area contributed by atoms with Crippen molar-refractivity contribution in [2.45, 2.75) is 39.0 Å². The molecule has 0 saturated carbocycles. The van der Waals surface area contributed by atoms with Gasteiger partial charge in [-0.1, -0.05) is 18.2 Å². The molecule has 1 unspecified atom stereocenters. The molecule has 1 aliphatic rings. The minimum absolute atomic E-state index is 0.167. The summed E-state index contributed by atoms with van der Waals surface area (Å²) in [6, 6.07) is 10.8. The van der Waals surface area contributed by atoms with Crippen LogP contribution in [0.3, 0.4) is 0 Å². The standard InChI is InChI=1S/C20H22N2O4S/c1-14(19(24)21-12-17-4-3-11-27-17)26-20(25)16-8-6-15(7-9-16)13-22-10-2-5-18(22)23/h3-4,6-9,11,14H,2,5,10,12-13H2,1H3,(H,21,24). The number of carbonyl (C=O) groups excluding carboxylic acids is 3. The van der Waals surface area contributed by atoms with E-state index in [1.807, 2.05) is 34.5 Å². The van der Waals surface area contributed by atoms with Crippen molar-refractivity contribution in [3.63, 3.8) is 0 Å². The van der Waals surface area contributed by atoms with Crippen LogP contribution >= 0.6 is 11.3 Å². The summed E-state index contributed by atoms with van der Waals surface area (Å²) in [5, 5.41) is 4.69. The highest BCUT2D eigenvalue weighted by molar-refractivity contribution is 7.09. The number of hydrogen-bond donors (Lipinski definition) is 1. The van der Waals surface area contributed by atoms with Gasteiger partial charge in [-0.25, -0.2) is 4.79 Å². The molecule has 0 aliphatic carbocycles. The van der Waals surface area contributed by atoms with Crippen LogP contribution in [0.15, 0.2) is 41.8 Å². The summed E-state index contributed by atoms with van der Waals surface area (Å²) in [5.74, 6) is -0.709. The van der Waals surface area contributed by atoms with Crippen molar-refractivity contribution in [2.24, 2.45) is 0 Å². The maximum atomic E-state index is 12.2. The van der Waals surface area contributed by atoms with E-state index in [1.54, 1.807) is 30.4 Å². The molecule has 1 saturated heterocycles. The lowest BCUT2D eigenvalue weighted by atomic mass is 10.1. The van der Waals surface area contributed by atoms with E-state index in [9.17, 15) is 14.4 Å². The number of hydrogen-bond acceptors (Lipinski definition) is 5. The topological polar surface area (TPSA) is 75.7 Å². The van der Waals surface area contributed by atoms with Gasteiger partial charge in [-0.2, -0.15) is 0 Å². The van der Waals surface area contributed by atoms with Crippen molar-refractivity contribution in [1.82, 2.24) is 10.2 Å². The van der Waals surface area contributed by atoms with Crippen molar-refractivity contribution in [2.75, 3.05) is 6.54 Å². The smallest absolute Gasteiger partial charge is 0.338 e. The molecule has 1 aliphatic heterocycles. The normalized spacial score (nSPS) is 14.9. The van der Waals surface area contributed by atoms with Gasteiger partial charge in [0.1, 0.15) is 0 Å². The molecule has 27 heavy (non-hydrogen) atoms. The number of rotatable bonds is 7. The van der Waals surface area contributed by atoms with Gasteiger partial charge >= 0.3 is 5.97 Å². The summed E-state index contributed by atoms with van der Waals surface area (Å²) >= 11 is 1.55. The lowest BCUT2D eigenvalue weighted by Gasteiger charge is -2.16. The Labute approximate surface area is 162 Å². The van der Waals surface area contributed by atoms with E-state index in [1.165, 1.54) is 0 Å². The minimum Gasteiger partial charge on any atom is -0.449 e. The number of nitrogens with zero attached hydrogens (tertiary/aromatic N) is 1. The number of nitrogens with one attached hydrogen (secondary N) is 1. The third kappa shape index (κ3) is 5.17. The molecule has 2 heterocycles. The molecule has 0 bridgehead atoms. The Morgan fingerprint density at radius 2 is 2.04 bits per heavy atom. The fourth-order valence-corrected chi connectivity index (χ4v) is 3.50. The first-order valence-corrected chi connectivity index (χ1v) is 9.78. The summed E-state index contributed by atoms with van der Waals surface area (Å²) in [7, 11) is 0. The molecule has 6 nitrogen and oxygen atoms in total. The largest absolute Gasteiger partial charge is 0.449 e. The average Bonchev–Trinajstić information content (AvgIpc) is 3.32. The lowest BCUT2D eigenvalue weighted by molar-refractivity contribution is -0.129. The van der Waals surface area contributed by atoms with Crippen molar-refractivity contribution in [3.8, 4) is 0 Å². The molecule has 1 aromatic heterocycles. The van der Waals surface area contributed by atoms with Crippen molar-refractivity contribution >= 4 is 29.1 Å². The minimum atomic E-state index is -0.876. The van der Waals surface area contributed by atoms with Crippen molar-refractivity contribution in [1.29, 1.82) is 0 Å². The van der Waals surface area contributed by atoms with Crippen LogP contribution in [0.2, 0.25) is 0 Å². The first-order valence-electron chi connectivity index (χ1n) is 8.91. The molecule has 7 heteroatoms. The fourth-order valence-electron chi connectivity index (χ4n) is 2.85. The van der Waals surface area contributed by atoms with Gasteiger partial charge < -0.3 is 15.0 Å². The number of ether oxygens (including phenoxy) is 1. The zero-order valence-corrected chi connectivity index (χ0v) is 16.0. The van der Waals surface area contributed by atoms with E-state index < -0.39 is 12.1 Å². The Morgan fingerprint density at radius 1 is 1.26 bits per heavy atom. The summed E-state index contributed by atoms with van der Waals surface area (Å²) < 4.78 is 5.25. The number of thiophene rings is 1. The average molecular weight is 386 g/mol. The predicted octanol–water partition coefficient (Wildman–Crippen LogP) is 2.73. The van der Waals surface area contributed by atoms with E-state index in [0.717, 1.165) is 23.4 Å². The zero-order valence-electron chi connectivity index (χ0n) is 15.1. The molecular formula is C20H22N2O4S. The second kappa shape index (κ2) is 8.81. The maximum Gasteiger partial charge on any atom is 0.338 e. The second-order valence-corrected chi connectivity index (χ2v) is 7.49. The van der Waals surface area contributed by atoms with Crippen molar-refractivity contribution < 1.29 is 19.1 Å². The van der Waals surface area contributed by atoms with Gasteiger partial charge in [0.25, 0.3) is 5.91 Å². The summed E-state index contributed by atoms with van der Waals surface area (Å²) in [6.07, 6.45) is 0.631. The monoisotopic (exact) mass is 386 g/mol. The molecule has 3 rings (SSSR count). The number of esters is 1. The molecule has 1 fully saturated rings. The van der Waals surface area contributed by atoms with Gasteiger partial charge in [0.15, 0.2) is 6.10 Å². The van der Waals surface area contributed by atoms with Gasteiger partial charge in [-0.05, 0) is 42.5 Å². The molecular weight excluding hydrogens is 364 g/mol. The quantitative estimate of drug-likeness (QED) is 0.743. The van der Waals surface area contributed by atoms with Gasteiger partial charge in [-0.15, -0.1) is 11.3 Å². The van der Waals surface area contributed by atoms with Gasteiger partial charge in [-0.3, -0.25) is 9.59 Å². The number of benzene rings is 1. The Morgan fingerprint density at radius 3 is 2.67 bits per heavy atom. The van der Waals surface area contributed by atoms with Crippen LogP contribution in [0, 0.1) is 0 Å². The van der Waals surface area contributed by atoms with Gasteiger partial charge in [0.05, 0.1) is 12.1 Å². The Balaban J connectivity index is 1.49. The summed E-state index contributed by atoms with van der Waals surface area (Å²) in [6.45, 7) is 3.30. The number of carbonyl (C=O) groups is 3. The highest BCUT2D eigenvalue weighted by atomic mass is 32.1. The Bertz CT molecular complexity index is 802. The summed E-state index contributed by atoms with van der Waals surface area (Å²) in [5.41, 5.74) is 1.34. The zero-order chi connectivity index (χ0) is 19.2. The van der Waals surface area contributed by atoms with E-state index >= 15 is 0 Å². The Hall–Kier alpha value is -2.67. The van der Waals surface area contributed by atoms with Crippen LogP contribution in [0.4, 0.5) is 0 Å². The first-order chi connectivity index (χ1) is 13.0. The van der Waals surface area contributed by atoms with Crippen LogP contribution in [0.1, 0.15) is 40.6 Å². The van der Waals surface area contributed by atoms with E-state index in [2.05, 4.69) is 5.32 Å². The third-order valence-electron chi connectivity index (χ3n) is 4.40. The molecule has 142 valence electrons. The highest BCUT2D eigenvalue weighted by Crippen LogP contribution is 2.15. The van der Waals surface area contributed by atoms with Crippen LogP contribution in [0.25, 0.3) is 0 Å². The summed E-state index contributed by atoms with van der Waals surface area (Å²) in [4.78, 5) is 38.8. The van der Waals surface area contributed by atoms with Crippen LogP contribution in [-0.2, 0) is 27.4 Å². The van der Waals surface area contributed by atoms with Gasteiger partial charge in [0.2, 0.25) is 5.91 Å². The Kier molecular flexibility index (Phi) is 6.24. The molecule has 1 N–H and O–H groups in total. The molecule has 2 amide bonds. The molecule has 0 radical (unpaired) electrons. The molecule has 1 atom stereocenters. The molecule has 1 aromatic carbocycles. The SMILES string of the molecule is CC(OC(=O)c1ccc(CN2CCCC2=O)cc1)C(=O)NCc1cccs1. The van der Waals surface area contributed by atoms with Crippen molar-refractivity contribution in [3.05, 3.63) is 57.8 Å². The second-order valence-electron chi connectivity index (χ2n) is 6.46. The lowest BCUT2D eigenvalue weighted by Crippen LogP contribution is -2.35. The molecule has 2 aromatic rings. The van der Waals surface area contributed by atoms with Gasteiger partial charge in [0, 0.05) is 24.4 Å². The first kappa shape index (κ1) is 19.1. The molecule has 0 spiro atoms. The fraction of sp³-hybridized carbons (Fsp3) is 0.350. The van der Waals surface area contributed by atoms with E-state index in [4.69, 9.17) is 4.74 Å². The maximum absolute atomic E-state index is 12.2. The number of likely N-dealkylation sites (tertiary alicyclic amines) is 1. The van der Waals surface area contributed by atoms with Crippen LogP contribution < -0.4 is 5.32 Å². The predicted molar refractivity (Wildman–Crippen MR) is 102 cm³/mol.